The molecule has 0 spiro atoms. The Bertz CT molecular complexity index is 304. The third-order valence-corrected chi connectivity index (χ3v) is 4.99. The van der Waals surface area contributed by atoms with Crippen molar-refractivity contribution in [1.29, 1.82) is 0 Å². The molecule has 0 aromatic carbocycles. The highest BCUT2D eigenvalue weighted by atomic mass is 35.5. The van der Waals surface area contributed by atoms with E-state index < -0.39 is 0 Å². The first kappa shape index (κ1) is 14.8. The zero-order valence-corrected chi connectivity index (χ0v) is 12.6. The third kappa shape index (κ3) is 2.97. The third-order valence-electron chi connectivity index (χ3n) is 4.10. The van der Waals surface area contributed by atoms with Crippen molar-refractivity contribution in [2.45, 2.75) is 57.9 Å². The van der Waals surface area contributed by atoms with Crippen molar-refractivity contribution >= 4 is 28.7 Å². The fourth-order valence-corrected chi connectivity index (χ4v) is 4.08. The summed E-state index contributed by atoms with van der Waals surface area (Å²) in [4.78, 5) is 2.66. The second kappa shape index (κ2) is 6.65. The molecule has 1 aliphatic carbocycles. The average Bonchev–Trinajstić information content (AvgIpc) is 2.85. The molecule has 0 amide bonds. The van der Waals surface area contributed by atoms with E-state index in [4.69, 9.17) is 0 Å². The van der Waals surface area contributed by atoms with Crippen LogP contribution in [0.2, 0.25) is 0 Å². The van der Waals surface area contributed by atoms with Crippen molar-refractivity contribution in [3.63, 3.8) is 0 Å². The highest BCUT2D eigenvalue weighted by Gasteiger charge is 2.35. The number of halogens is 1. The number of rotatable bonds is 4. The van der Waals surface area contributed by atoms with E-state index in [9.17, 15) is 0 Å². The Labute approximate surface area is 116 Å². The topological polar surface area (TPSA) is 3.24 Å². The molecule has 0 N–H and O–H groups in total. The molecule has 0 saturated heterocycles. The van der Waals surface area contributed by atoms with Crippen LogP contribution in [0.1, 0.15) is 52.4 Å². The largest absolute Gasteiger partial charge is 0.358 e. The minimum atomic E-state index is 0. The molecule has 1 aromatic heterocycles. The first-order valence-corrected chi connectivity index (χ1v) is 7.51. The molecule has 1 nitrogen and oxygen atoms in total. The summed E-state index contributed by atoms with van der Waals surface area (Å²) in [7, 11) is 0. The zero-order chi connectivity index (χ0) is 11.4. The first-order chi connectivity index (χ1) is 7.82. The van der Waals surface area contributed by atoms with Crippen LogP contribution in [0.5, 0.6) is 0 Å². The molecule has 3 heteroatoms. The normalized spacial score (nSPS) is 18.5. The number of anilines is 1. The number of nitrogens with zero attached hydrogens (tertiary/aromatic N) is 1. The smallest absolute Gasteiger partial charge is 0.0912 e. The van der Waals surface area contributed by atoms with E-state index in [2.05, 4.69) is 36.3 Å². The van der Waals surface area contributed by atoms with E-state index in [0.29, 0.717) is 5.54 Å². The second-order valence-electron chi connectivity index (χ2n) is 4.83. The monoisotopic (exact) mass is 273 g/mol. The SMILES string of the molecule is CCN(c1cccs1)C1(CC)CCCCC1.Cl. The summed E-state index contributed by atoms with van der Waals surface area (Å²) in [6, 6.07) is 4.45. The molecule has 1 aromatic rings. The molecule has 0 bridgehead atoms. The van der Waals surface area contributed by atoms with Gasteiger partial charge < -0.3 is 4.90 Å². The quantitative estimate of drug-likeness (QED) is 0.737. The van der Waals surface area contributed by atoms with Crippen LogP contribution in [0.4, 0.5) is 5.00 Å². The van der Waals surface area contributed by atoms with E-state index in [-0.39, 0.29) is 12.4 Å². The lowest BCUT2D eigenvalue weighted by Crippen LogP contribution is -2.49. The first-order valence-electron chi connectivity index (χ1n) is 6.63. The molecule has 0 aliphatic heterocycles. The molecular formula is C14H24ClNS. The standard InChI is InChI=1S/C14H23NS.ClH/c1-3-14(10-6-5-7-11-14)15(4-2)13-9-8-12-16-13;/h8-9,12H,3-7,10-11H2,1-2H3;1H. The maximum Gasteiger partial charge on any atom is 0.0912 e. The summed E-state index contributed by atoms with van der Waals surface area (Å²) in [5, 5.41) is 3.66. The Balaban J connectivity index is 0.00000144. The van der Waals surface area contributed by atoms with Crippen molar-refractivity contribution in [1.82, 2.24) is 0 Å². The van der Waals surface area contributed by atoms with Gasteiger partial charge in [0.1, 0.15) is 0 Å². The molecule has 0 atom stereocenters. The lowest BCUT2D eigenvalue weighted by molar-refractivity contribution is 0.268. The predicted molar refractivity (Wildman–Crippen MR) is 80.7 cm³/mol. The van der Waals surface area contributed by atoms with E-state index >= 15 is 0 Å². The molecule has 1 fully saturated rings. The summed E-state index contributed by atoms with van der Waals surface area (Å²) >= 11 is 1.89. The summed E-state index contributed by atoms with van der Waals surface area (Å²) < 4.78 is 0. The van der Waals surface area contributed by atoms with Crippen LogP contribution in [0.3, 0.4) is 0 Å². The van der Waals surface area contributed by atoms with Gasteiger partial charge in [-0.25, -0.2) is 0 Å². The fraction of sp³-hybridized carbons (Fsp3) is 0.714. The summed E-state index contributed by atoms with van der Waals surface area (Å²) in [5.74, 6) is 0. The maximum absolute atomic E-state index is 2.66. The number of hydrogen-bond acceptors (Lipinski definition) is 2. The van der Waals surface area contributed by atoms with E-state index in [1.807, 2.05) is 11.3 Å². The van der Waals surface area contributed by atoms with Gasteiger partial charge in [0.15, 0.2) is 0 Å². The van der Waals surface area contributed by atoms with Gasteiger partial charge in [0, 0.05) is 12.1 Å². The minimum absolute atomic E-state index is 0. The van der Waals surface area contributed by atoms with Crippen molar-refractivity contribution < 1.29 is 0 Å². The highest BCUT2D eigenvalue weighted by molar-refractivity contribution is 7.14. The van der Waals surface area contributed by atoms with Crippen LogP contribution in [0, 0.1) is 0 Å². The van der Waals surface area contributed by atoms with Gasteiger partial charge in [-0.3, -0.25) is 0 Å². The molecule has 0 unspecified atom stereocenters. The lowest BCUT2D eigenvalue weighted by Gasteiger charge is -2.46. The number of hydrogen-bond donors (Lipinski definition) is 0. The molecular weight excluding hydrogens is 250 g/mol. The van der Waals surface area contributed by atoms with Gasteiger partial charge in [0.2, 0.25) is 0 Å². The van der Waals surface area contributed by atoms with Crippen molar-refractivity contribution in [2.24, 2.45) is 0 Å². The van der Waals surface area contributed by atoms with Gasteiger partial charge in [-0.05, 0) is 43.7 Å². The van der Waals surface area contributed by atoms with Crippen molar-refractivity contribution in [2.75, 3.05) is 11.4 Å². The van der Waals surface area contributed by atoms with E-state index in [0.717, 1.165) is 6.54 Å². The van der Waals surface area contributed by atoms with Gasteiger partial charge >= 0.3 is 0 Å². The molecule has 1 aliphatic rings. The summed E-state index contributed by atoms with van der Waals surface area (Å²) in [5.41, 5.74) is 0.456. The molecule has 1 saturated carbocycles. The number of thiophene rings is 1. The Morgan fingerprint density at radius 1 is 1.24 bits per heavy atom. The van der Waals surface area contributed by atoms with Gasteiger partial charge in [0.05, 0.1) is 5.00 Å². The van der Waals surface area contributed by atoms with Gasteiger partial charge in [-0.15, -0.1) is 23.7 Å². The zero-order valence-electron chi connectivity index (χ0n) is 10.9. The van der Waals surface area contributed by atoms with Crippen LogP contribution in [-0.4, -0.2) is 12.1 Å². The van der Waals surface area contributed by atoms with E-state index in [1.54, 1.807) is 0 Å². The molecule has 2 rings (SSSR count). The Morgan fingerprint density at radius 3 is 2.41 bits per heavy atom. The lowest BCUT2D eigenvalue weighted by atomic mass is 9.78. The molecule has 1 heterocycles. The molecule has 98 valence electrons. The van der Waals surface area contributed by atoms with Crippen molar-refractivity contribution in [3.05, 3.63) is 17.5 Å². The highest BCUT2D eigenvalue weighted by Crippen LogP contribution is 2.40. The second-order valence-corrected chi connectivity index (χ2v) is 5.76. The maximum atomic E-state index is 2.66. The van der Waals surface area contributed by atoms with Crippen LogP contribution in [0.25, 0.3) is 0 Å². The predicted octanol–water partition coefficient (Wildman–Crippen LogP) is 5.11. The average molecular weight is 274 g/mol. The van der Waals surface area contributed by atoms with Crippen LogP contribution < -0.4 is 4.90 Å². The van der Waals surface area contributed by atoms with Crippen molar-refractivity contribution in [3.8, 4) is 0 Å². The Morgan fingerprint density at radius 2 is 1.94 bits per heavy atom. The Kier molecular flexibility index (Phi) is 5.81. The molecule has 0 radical (unpaired) electrons. The Hall–Kier alpha value is -0.210. The van der Waals surface area contributed by atoms with Gasteiger partial charge in [0.25, 0.3) is 0 Å². The van der Waals surface area contributed by atoms with Crippen LogP contribution >= 0.6 is 23.7 Å². The molecule has 17 heavy (non-hydrogen) atoms. The van der Waals surface area contributed by atoms with Crippen LogP contribution in [0.15, 0.2) is 17.5 Å². The van der Waals surface area contributed by atoms with E-state index in [1.165, 1.54) is 43.5 Å². The van der Waals surface area contributed by atoms with Gasteiger partial charge in [-0.2, -0.15) is 0 Å². The minimum Gasteiger partial charge on any atom is -0.358 e. The van der Waals surface area contributed by atoms with Crippen LogP contribution in [-0.2, 0) is 0 Å². The summed E-state index contributed by atoms with van der Waals surface area (Å²) in [6.45, 7) is 5.81. The fourth-order valence-electron chi connectivity index (χ4n) is 3.17. The van der Waals surface area contributed by atoms with Gasteiger partial charge in [-0.1, -0.05) is 26.2 Å². The summed E-state index contributed by atoms with van der Waals surface area (Å²) in [6.07, 6.45) is 8.32.